The van der Waals surface area contributed by atoms with E-state index >= 15 is 0 Å². The van der Waals surface area contributed by atoms with E-state index in [1.165, 1.54) is 6.07 Å². The zero-order valence-electron chi connectivity index (χ0n) is 10.5. The topological polar surface area (TPSA) is 55.1 Å². The molecule has 0 heterocycles. The number of nitrogens with two attached hydrogens (primary N) is 1. The molecule has 1 amide bonds. The van der Waals surface area contributed by atoms with Gasteiger partial charge in [0.2, 0.25) is 5.91 Å². The normalized spacial score (nSPS) is 14.2. The fourth-order valence-corrected chi connectivity index (χ4v) is 1.46. The average Bonchev–Trinajstić information content (AvgIpc) is 2.31. The van der Waals surface area contributed by atoms with Crippen LogP contribution in [0.4, 0.5) is 10.1 Å². The number of carbonyl (C=O) groups excluding carboxylic acids is 1. The van der Waals surface area contributed by atoms with Gasteiger partial charge in [-0.05, 0) is 30.5 Å². The van der Waals surface area contributed by atoms with E-state index in [0.717, 1.165) is 12.0 Å². The third-order valence-electron chi connectivity index (χ3n) is 2.94. The lowest BCUT2D eigenvalue weighted by Gasteiger charge is -2.18. The van der Waals surface area contributed by atoms with E-state index in [-0.39, 0.29) is 17.5 Å². The van der Waals surface area contributed by atoms with Gasteiger partial charge in [0.1, 0.15) is 5.82 Å². The van der Waals surface area contributed by atoms with Crippen molar-refractivity contribution in [3.05, 3.63) is 29.6 Å². The van der Waals surface area contributed by atoms with Crippen LogP contribution in [0.2, 0.25) is 0 Å². The molecule has 2 atom stereocenters. The Balaban J connectivity index is 2.77. The molecule has 0 aliphatic carbocycles. The highest BCUT2D eigenvalue weighted by Gasteiger charge is 2.20. The van der Waals surface area contributed by atoms with Crippen LogP contribution in [0.1, 0.15) is 25.8 Å². The number of halogens is 1. The zero-order chi connectivity index (χ0) is 13.0. The molecule has 1 unspecified atom stereocenters. The molecule has 17 heavy (non-hydrogen) atoms. The molecule has 4 heteroatoms. The summed E-state index contributed by atoms with van der Waals surface area (Å²) in [6, 6.07) is 3.97. The van der Waals surface area contributed by atoms with Gasteiger partial charge in [-0.2, -0.15) is 0 Å². The second-order valence-corrected chi connectivity index (χ2v) is 4.38. The Hall–Kier alpha value is -1.42. The van der Waals surface area contributed by atoms with E-state index in [4.69, 9.17) is 5.73 Å². The maximum atomic E-state index is 13.4. The maximum absolute atomic E-state index is 13.4. The molecular formula is C13H19FN2O. The van der Waals surface area contributed by atoms with E-state index in [2.05, 4.69) is 5.32 Å². The smallest absolute Gasteiger partial charge is 0.241 e. The van der Waals surface area contributed by atoms with Crippen LogP contribution >= 0.6 is 0 Å². The van der Waals surface area contributed by atoms with Gasteiger partial charge < -0.3 is 11.1 Å². The predicted molar refractivity (Wildman–Crippen MR) is 67.2 cm³/mol. The standard InChI is InChI=1S/C13H19FN2O/c1-4-9(3)12(15)13(17)16-11-7-8(2)5-6-10(11)14/h5-7,9,12H,4,15H2,1-3H3,(H,16,17)/t9?,12-/m0/s1. The first kappa shape index (κ1) is 13.6. The first-order valence-electron chi connectivity index (χ1n) is 5.78. The molecule has 0 saturated carbocycles. The number of carbonyl (C=O) groups is 1. The lowest BCUT2D eigenvalue weighted by Crippen LogP contribution is -2.40. The maximum Gasteiger partial charge on any atom is 0.241 e. The SMILES string of the molecule is CCC(C)[C@H](N)C(=O)Nc1cc(C)ccc1F. The van der Waals surface area contributed by atoms with Crippen LogP contribution < -0.4 is 11.1 Å². The third-order valence-corrected chi connectivity index (χ3v) is 2.94. The number of rotatable bonds is 4. The van der Waals surface area contributed by atoms with E-state index in [0.29, 0.717) is 0 Å². The molecule has 0 aliphatic heterocycles. The van der Waals surface area contributed by atoms with E-state index in [1.54, 1.807) is 12.1 Å². The molecule has 0 fully saturated rings. The number of benzene rings is 1. The molecule has 3 nitrogen and oxygen atoms in total. The summed E-state index contributed by atoms with van der Waals surface area (Å²) in [4.78, 5) is 11.8. The van der Waals surface area contributed by atoms with Crippen molar-refractivity contribution in [2.45, 2.75) is 33.2 Å². The Kier molecular flexibility index (Phi) is 4.63. The minimum atomic E-state index is -0.611. The molecule has 0 aromatic heterocycles. The Morgan fingerprint density at radius 2 is 2.18 bits per heavy atom. The van der Waals surface area contributed by atoms with Crippen LogP contribution in [0.5, 0.6) is 0 Å². The van der Waals surface area contributed by atoms with Crippen LogP contribution in [0.25, 0.3) is 0 Å². The molecule has 94 valence electrons. The van der Waals surface area contributed by atoms with Crippen LogP contribution in [-0.2, 0) is 4.79 Å². The number of aryl methyl sites for hydroxylation is 1. The molecule has 1 aromatic rings. The van der Waals surface area contributed by atoms with Gasteiger partial charge in [-0.3, -0.25) is 4.79 Å². The van der Waals surface area contributed by atoms with Gasteiger partial charge in [0.05, 0.1) is 11.7 Å². The van der Waals surface area contributed by atoms with Gasteiger partial charge in [-0.25, -0.2) is 4.39 Å². The summed E-state index contributed by atoms with van der Waals surface area (Å²) in [5.41, 5.74) is 6.85. The molecule has 0 spiro atoms. The molecule has 0 bridgehead atoms. The molecular weight excluding hydrogens is 219 g/mol. The van der Waals surface area contributed by atoms with Crippen LogP contribution in [-0.4, -0.2) is 11.9 Å². The lowest BCUT2D eigenvalue weighted by molar-refractivity contribution is -0.118. The van der Waals surface area contributed by atoms with Crippen molar-refractivity contribution < 1.29 is 9.18 Å². The fraction of sp³-hybridized carbons (Fsp3) is 0.462. The average molecular weight is 238 g/mol. The van der Waals surface area contributed by atoms with Crippen LogP contribution in [0.15, 0.2) is 18.2 Å². The predicted octanol–water partition coefficient (Wildman–Crippen LogP) is 2.45. The van der Waals surface area contributed by atoms with E-state index in [1.807, 2.05) is 20.8 Å². The van der Waals surface area contributed by atoms with Gasteiger partial charge >= 0.3 is 0 Å². The lowest BCUT2D eigenvalue weighted by atomic mass is 9.99. The summed E-state index contributed by atoms with van der Waals surface area (Å²) >= 11 is 0. The summed E-state index contributed by atoms with van der Waals surface area (Å²) in [6.45, 7) is 5.70. The Labute approximate surface area is 101 Å². The van der Waals surface area contributed by atoms with Gasteiger partial charge in [-0.1, -0.05) is 26.3 Å². The number of hydrogen-bond donors (Lipinski definition) is 2. The minimum Gasteiger partial charge on any atom is -0.322 e. The Morgan fingerprint density at radius 1 is 1.53 bits per heavy atom. The second kappa shape index (κ2) is 5.77. The van der Waals surface area contributed by atoms with Crippen LogP contribution in [0.3, 0.4) is 0 Å². The number of hydrogen-bond acceptors (Lipinski definition) is 2. The van der Waals surface area contributed by atoms with Crippen molar-refractivity contribution in [1.82, 2.24) is 0 Å². The van der Waals surface area contributed by atoms with Crippen LogP contribution in [0, 0.1) is 18.7 Å². The molecule has 3 N–H and O–H groups in total. The molecule has 0 aliphatic rings. The van der Waals surface area contributed by atoms with Gasteiger partial charge in [0.15, 0.2) is 0 Å². The van der Waals surface area contributed by atoms with Gasteiger partial charge in [0, 0.05) is 0 Å². The van der Waals surface area contributed by atoms with Crippen molar-refractivity contribution in [3.8, 4) is 0 Å². The number of nitrogens with one attached hydrogen (secondary N) is 1. The molecule has 0 radical (unpaired) electrons. The van der Waals surface area contributed by atoms with E-state index in [9.17, 15) is 9.18 Å². The molecule has 1 aromatic carbocycles. The highest BCUT2D eigenvalue weighted by molar-refractivity contribution is 5.95. The fourth-order valence-electron chi connectivity index (χ4n) is 1.46. The first-order chi connectivity index (χ1) is 7.95. The minimum absolute atomic E-state index is 0.0721. The summed E-state index contributed by atoms with van der Waals surface area (Å²) < 4.78 is 13.4. The van der Waals surface area contributed by atoms with Crippen molar-refractivity contribution in [2.75, 3.05) is 5.32 Å². The number of amides is 1. The second-order valence-electron chi connectivity index (χ2n) is 4.38. The largest absolute Gasteiger partial charge is 0.322 e. The van der Waals surface area contributed by atoms with Crippen molar-refractivity contribution >= 4 is 11.6 Å². The highest BCUT2D eigenvalue weighted by Crippen LogP contribution is 2.16. The number of anilines is 1. The summed E-state index contributed by atoms with van der Waals surface area (Å²) in [7, 11) is 0. The third kappa shape index (κ3) is 3.53. The van der Waals surface area contributed by atoms with Crippen molar-refractivity contribution in [3.63, 3.8) is 0 Å². The highest BCUT2D eigenvalue weighted by atomic mass is 19.1. The Morgan fingerprint density at radius 3 is 2.76 bits per heavy atom. The first-order valence-corrected chi connectivity index (χ1v) is 5.78. The quantitative estimate of drug-likeness (QED) is 0.846. The van der Waals surface area contributed by atoms with Gasteiger partial charge in [0.25, 0.3) is 0 Å². The van der Waals surface area contributed by atoms with Crippen molar-refractivity contribution in [2.24, 2.45) is 11.7 Å². The summed E-state index contributed by atoms with van der Waals surface area (Å²) in [5, 5.41) is 2.53. The van der Waals surface area contributed by atoms with Crippen molar-refractivity contribution in [1.29, 1.82) is 0 Å². The summed E-state index contributed by atoms with van der Waals surface area (Å²) in [5.74, 6) is -0.716. The molecule has 1 rings (SSSR count). The van der Waals surface area contributed by atoms with Gasteiger partial charge in [-0.15, -0.1) is 0 Å². The Bertz CT molecular complexity index is 406. The van der Waals surface area contributed by atoms with E-state index < -0.39 is 11.9 Å². The monoisotopic (exact) mass is 238 g/mol. The zero-order valence-corrected chi connectivity index (χ0v) is 10.5. The summed E-state index contributed by atoms with van der Waals surface area (Å²) in [6.07, 6.45) is 0.810. The molecule has 0 saturated heterocycles.